The number of aliphatic hydroxyl groups is 1. The minimum atomic E-state index is -0.851. The first kappa shape index (κ1) is 17.1. The van der Waals surface area contributed by atoms with Gasteiger partial charge in [-0.15, -0.1) is 0 Å². The molecule has 0 fully saturated rings. The summed E-state index contributed by atoms with van der Waals surface area (Å²) in [5, 5.41) is 14.0. The molecule has 0 heterocycles. The molecule has 1 rings (SSSR count). The van der Waals surface area contributed by atoms with Gasteiger partial charge in [-0.1, -0.05) is 17.7 Å². The molecule has 0 unspecified atom stereocenters. The average Bonchev–Trinajstić information content (AvgIpc) is 2.35. The van der Waals surface area contributed by atoms with Crippen LogP contribution in [0.25, 0.3) is 0 Å². The number of hydrogen-bond acceptors (Lipinski definition) is 4. The van der Waals surface area contributed by atoms with E-state index in [0.717, 1.165) is 5.56 Å². The third-order valence-corrected chi connectivity index (χ3v) is 4.23. The predicted octanol–water partition coefficient (Wildman–Crippen LogP) is 3.00. The van der Waals surface area contributed by atoms with Gasteiger partial charge in [0.2, 0.25) is 0 Å². The number of methoxy groups -OCH3 is 2. The van der Waals surface area contributed by atoms with Gasteiger partial charge in [0.1, 0.15) is 0 Å². The first-order valence-corrected chi connectivity index (χ1v) is 6.88. The zero-order chi connectivity index (χ0) is 15.6. The van der Waals surface area contributed by atoms with Gasteiger partial charge in [0.05, 0.1) is 24.8 Å². The molecule has 0 amide bonds. The molecule has 0 saturated carbocycles. The van der Waals surface area contributed by atoms with E-state index in [-0.39, 0.29) is 0 Å². The van der Waals surface area contributed by atoms with Crippen LogP contribution < -0.4 is 14.8 Å². The Morgan fingerprint density at radius 3 is 2.20 bits per heavy atom. The van der Waals surface area contributed by atoms with Crippen molar-refractivity contribution in [2.75, 3.05) is 14.2 Å². The Labute approximate surface area is 126 Å². The SMILES string of the molecule is COc1ccc(CNC(C)(C)C(C)(C)O)c(Cl)c1OC. The smallest absolute Gasteiger partial charge is 0.179 e. The first-order valence-electron chi connectivity index (χ1n) is 6.51. The molecule has 1 aromatic rings. The maximum atomic E-state index is 10.1. The van der Waals surface area contributed by atoms with Gasteiger partial charge in [-0.05, 0) is 39.3 Å². The van der Waals surface area contributed by atoms with E-state index in [1.807, 2.05) is 26.0 Å². The van der Waals surface area contributed by atoms with Crippen molar-refractivity contribution >= 4 is 11.6 Å². The summed E-state index contributed by atoms with van der Waals surface area (Å²) in [5.74, 6) is 1.12. The van der Waals surface area contributed by atoms with Crippen molar-refractivity contribution < 1.29 is 14.6 Å². The predicted molar refractivity (Wildman–Crippen MR) is 81.8 cm³/mol. The van der Waals surface area contributed by atoms with Crippen LogP contribution in [0.15, 0.2) is 12.1 Å². The van der Waals surface area contributed by atoms with E-state index in [4.69, 9.17) is 21.1 Å². The molecule has 0 atom stereocenters. The number of halogens is 1. The molecule has 0 spiro atoms. The second kappa shape index (κ2) is 6.20. The minimum Gasteiger partial charge on any atom is -0.493 e. The molecule has 0 saturated heterocycles. The summed E-state index contributed by atoms with van der Waals surface area (Å²) in [4.78, 5) is 0. The highest BCUT2D eigenvalue weighted by atomic mass is 35.5. The minimum absolute atomic E-state index is 0.455. The fraction of sp³-hybridized carbons (Fsp3) is 0.600. The van der Waals surface area contributed by atoms with Crippen LogP contribution in [0.2, 0.25) is 5.02 Å². The van der Waals surface area contributed by atoms with Crippen LogP contribution >= 0.6 is 11.6 Å². The maximum Gasteiger partial charge on any atom is 0.179 e. The summed E-state index contributed by atoms with van der Waals surface area (Å²) >= 11 is 6.33. The number of hydrogen-bond donors (Lipinski definition) is 2. The molecule has 0 aliphatic heterocycles. The van der Waals surface area contributed by atoms with Gasteiger partial charge in [0, 0.05) is 12.1 Å². The number of ether oxygens (including phenoxy) is 2. The van der Waals surface area contributed by atoms with Crippen molar-refractivity contribution in [3.8, 4) is 11.5 Å². The Balaban J connectivity index is 2.95. The molecule has 2 N–H and O–H groups in total. The molecule has 4 nitrogen and oxygen atoms in total. The molecule has 5 heteroatoms. The lowest BCUT2D eigenvalue weighted by Crippen LogP contribution is -2.55. The summed E-state index contributed by atoms with van der Waals surface area (Å²) in [6, 6.07) is 3.70. The largest absolute Gasteiger partial charge is 0.493 e. The van der Waals surface area contributed by atoms with Gasteiger partial charge in [-0.3, -0.25) is 0 Å². The fourth-order valence-corrected chi connectivity index (χ4v) is 1.90. The van der Waals surface area contributed by atoms with Crippen molar-refractivity contribution in [1.82, 2.24) is 5.32 Å². The summed E-state index contributed by atoms with van der Waals surface area (Å²) in [6.45, 7) is 7.96. The molecular formula is C15H24ClNO3. The van der Waals surface area contributed by atoms with Gasteiger partial charge < -0.3 is 19.9 Å². The number of benzene rings is 1. The second-order valence-electron chi connectivity index (χ2n) is 5.81. The summed E-state index contributed by atoms with van der Waals surface area (Å²) in [6.07, 6.45) is 0. The van der Waals surface area contributed by atoms with E-state index >= 15 is 0 Å². The van der Waals surface area contributed by atoms with Crippen molar-refractivity contribution in [1.29, 1.82) is 0 Å². The van der Waals surface area contributed by atoms with Gasteiger partial charge in [-0.25, -0.2) is 0 Å². The zero-order valence-electron chi connectivity index (χ0n) is 13.0. The van der Waals surface area contributed by atoms with E-state index in [1.165, 1.54) is 0 Å². The van der Waals surface area contributed by atoms with E-state index in [2.05, 4.69) is 5.32 Å². The molecule has 0 bridgehead atoms. The van der Waals surface area contributed by atoms with Crippen LogP contribution in [0.5, 0.6) is 11.5 Å². The zero-order valence-corrected chi connectivity index (χ0v) is 13.8. The van der Waals surface area contributed by atoms with Crippen LogP contribution in [0.4, 0.5) is 0 Å². The summed E-state index contributed by atoms with van der Waals surface area (Å²) in [7, 11) is 3.13. The molecule has 0 aliphatic carbocycles. The lowest BCUT2D eigenvalue weighted by atomic mass is 9.86. The van der Waals surface area contributed by atoms with E-state index in [9.17, 15) is 5.11 Å². The maximum absolute atomic E-state index is 10.1. The summed E-state index contributed by atoms with van der Waals surface area (Å²) < 4.78 is 10.5. The molecule has 20 heavy (non-hydrogen) atoms. The average molecular weight is 302 g/mol. The van der Waals surface area contributed by atoms with E-state index < -0.39 is 11.1 Å². The van der Waals surface area contributed by atoms with Gasteiger partial charge in [0.15, 0.2) is 11.5 Å². The van der Waals surface area contributed by atoms with Crippen LogP contribution in [0.3, 0.4) is 0 Å². The van der Waals surface area contributed by atoms with Crippen LogP contribution in [0.1, 0.15) is 33.3 Å². The quantitative estimate of drug-likeness (QED) is 0.848. The third-order valence-electron chi connectivity index (χ3n) is 3.82. The Hall–Kier alpha value is -0.970. The van der Waals surface area contributed by atoms with Crippen LogP contribution in [-0.4, -0.2) is 30.5 Å². The molecular weight excluding hydrogens is 278 g/mol. The Bertz CT molecular complexity index is 467. The van der Waals surface area contributed by atoms with Crippen molar-refractivity contribution in [3.63, 3.8) is 0 Å². The number of rotatable bonds is 6. The van der Waals surface area contributed by atoms with Gasteiger partial charge in [0.25, 0.3) is 0 Å². The molecule has 0 aromatic heterocycles. The van der Waals surface area contributed by atoms with E-state index in [0.29, 0.717) is 23.1 Å². The fourth-order valence-electron chi connectivity index (χ4n) is 1.60. The molecule has 0 aliphatic rings. The Kier molecular flexibility index (Phi) is 5.30. The molecule has 0 radical (unpaired) electrons. The highest BCUT2D eigenvalue weighted by molar-refractivity contribution is 6.33. The Morgan fingerprint density at radius 1 is 1.15 bits per heavy atom. The van der Waals surface area contributed by atoms with Crippen molar-refractivity contribution in [2.24, 2.45) is 0 Å². The second-order valence-corrected chi connectivity index (χ2v) is 6.19. The monoisotopic (exact) mass is 301 g/mol. The standard InChI is InChI=1S/C15H24ClNO3/c1-14(2,15(3,4)18)17-9-10-7-8-11(19-5)13(20-6)12(10)16/h7-8,17-18H,9H2,1-6H3. The van der Waals surface area contributed by atoms with Crippen molar-refractivity contribution in [2.45, 2.75) is 45.4 Å². The lowest BCUT2D eigenvalue weighted by Gasteiger charge is -2.38. The summed E-state index contributed by atoms with van der Waals surface area (Å²) in [5.41, 5.74) is -0.416. The topological polar surface area (TPSA) is 50.7 Å². The van der Waals surface area contributed by atoms with Crippen molar-refractivity contribution in [3.05, 3.63) is 22.7 Å². The van der Waals surface area contributed by atoms with Gasteiger partial charge >= 0.3 is 0 Å². The molecule has 1 aromatic carbocycles. The highest BCUT2D eigenvalue weighted by Gasteiger charge is 2.34. The highest BCUT2D eigenvalue weighted by Crippen LogP contribution is 2.37. The lowest BCUT2D eigenvalue weighted by molar-refractivity contribution is -0.00532. The Morgan fingerprint density at radius 2 is 1.75 bits per heavy atom. The first-order chi connectivity index (χ1) is 9.14. The van der Waals surface area contributed by atoms with Gasteiger partial charge in [-0.2, -0.15) is 0 Å². The molecule has 114 valence electrons. The van der Waals surface area contributed by atoms with Crippen LogP contribution in [0, 0.1) is 0 Å². The normalized spacial score (nSPS) is 12.4. The van der Waals surface area contributed by atoms with E-state index in [1.54, 1.807) is 28.1 Å². The number of nitrogens with one attached hydrogen (secondary N) is 1. The third kappa shape index (κ3) is 3.57. The van der Waals surface area contributed by atoms with Crippen LogP contribution in [-0.2, 0) is 6.54 Å².